The van der Waals surface area contributed by atoms with Crippen LogP contribution in [0.1, 0.15) is 37.6 Å². The minimum Gasteiger partial charge on any atom is -0.337 e. The van der Waals surface area contributed by atoms with Crippen molar-refractivity contribution in [3.63, 3.8) is 0 Å². The predicted octanol–water partition coefficient (Wildman–Crippen LogP) is 4.82. The summed E-state index contributed by atoms with van der Waals surface area (Å²) < 4.78 is 15.0. The molecule has 160 valence electrons. The van der Waals surface area contributed by atoms with Crippen molar-refractivity contribution >= 4 is 12.1 Å². The second-order valence-electron chi connectivity index (χ2n) is 8.91. The van der Waals surface area contributed by atoms with Gasteiger partial charge in [0.15, 0.2) is 0 Å². The minimum atomic E-state index is -0.474. The van der Waals surface area contributed by atoms with E-state index in [0.717, 1.165) is 28.9 Å². The topological polar surface area (TPSA) is 59.0 Å². The van der Waals surface area contributed by atoms with Crippen LogP contribution in [-0.4, -0.2) is 22.4 Å². The SMILES string of the molecule is CC(C)(NC(=O)NC[C@]1(C)C=Cc2c(cnn2-c2ccc(F)cc2)C1)c1ccccc1. The molecule has 0 fully saturated rings. The maximum absolute atomic E-state index is 13.2. The highest BCUT2D eigenvalue weighted by Crippen LogP contribution is 2.33. The monoisotopic (exact) mass is 418 g/mol. The number of hydrogen-bond acceptors (Lipinski definition) is 2. The molecule has 1 aliphatic rings. The number of nitrogens with zero attached hydrogens (tertiary/aromatic N) is 2. The van der Waals surface area contributed by atoms with Gasteiger partial charge < -0.3 is 10.6 Å². The Kier molecular flexibility index (Phi) is 5.39. The number of aromatic nitrogens is 2. The van der Waals surface area contributed by atoms with E-state index in [1.807, 2.05) is 61.1 Å². The van der Waals surface area contributed by atoms with Gasteiger partial charge >= 0.3 is 6.03 Å². The number of urea groups is 1. The third-order valence-electron chi connectivity index (χ3n) is 5.77. The Bertz CT molecular complexity index is 1100. The van der Waals surface area contributed by atoms with E-state index in [4.69, 9.17) is 0 Å². The van der Waals surface area contributed by atoms with Gasteiger partial charge in [-0.05, 0) is 61.7 Å². The fourth-order valence-corrected chi connectivity index (χ4v) is 3.93. The molecule has 2 N–H and O–H groups in total. The second-order valence-corrected chi connectivity index (χ2v) is 8.91. The van der Waals surface area contributed by atoms with Gasteiger partial charge in [-0.15, -0.1) is 0 Å². The van der Waals surface area contributed by atoms with E-state index < -0.39 is 5.54 Å². The molecule has 0 spiro atoms. The first-order valence-electron chi connectivity index (χ1n) is 10.4. The highest BCUT2D eigenvalue weighted by molar-refractivity contribution is 5.75. The molecule has 0 saturated heterocycles. The molecule has 0 unspecified atom stereocenters. The fourth-order valence-electron chi connectivity index (χ4n) is 3.93. The van der Waals surface area contributed by atoms with E-state index in [1.54, 1.807) is 12.1 Å². The van der Waals surface area contributed by atoms with Crippen molar-refractivity contribution in [2.45, 2.75) is 32.7 Å². The van der Waals surface area contributed by atoms with Gasteiger partial charge in [0.05, 0.1) is 23.1 Å². The molecule has 6 heteroatoms. The van der Waals surface area contributed by atoms with Crippen molar-refractivity contribution in [2.24, 2.45) is 5.41 Å². The Balaban J connectivity index is 1.41. The van der Waals surface area contributed by atoms with Gasteiger partial charge in [-0.2, -0.15) is 5.10 Å². The molecule has 1 atom stereocenters. The summed E-state index contributed by atoms with van der Waals surface area (Å²) in [5.41, 5.74) is 3.25. The van der Waals surface area contributed by atoms with E-state index in [1.165, 1.54) is 12.1 Å². The molecule has 2 amide bonds. The van der Waals surface area contributed by atoms with E-state index in [0.29, 0.717) is 6.54 Å². The van der Waals surface area contributed by atoms with Crippen LogP contribution in [0.2, 0.25) is 0 Å². The molecule has 0 bridgehead atoms. The van der Waals surface area contributed by atoms with Gasteiger partial charge in [-0.1, -0.05) is 43.3 Å². The first-order valence-corrected chi connectivity index (χ1v) is 10.4. The summed E-state index contributed by atoms with van der Waals surface area (Å²) in [7, 11) is 0. The zero-order valence-corrected chi connectivity index (χ0v) is 18.0. The summed E-state index contributed by atoms with van der Waals surface area (Å²) in [6, 6.07) is 16.0. The van der Waals surface area contributed by atoms with Crippen molar-refractivity contribution in [1.29, 1.82) is 0 Å². The summed E-state index contributed by atoms with van der Waals surface area (Å²) >= 11 is 0. The van der Waals surface area contributed by atoms with E-state index >= 15 is 0 Å². The third-order valence-corrected chi connectivity index (χ3v) is 5.77. The van der Waals surface area contributed by atoms with Gasteiger partial charge in [0.25, 0.3) is 0 Å². The number of carbonyl (C=O) groups is 1. The number of halogens is 1. The number of rotatable bonds is 5. The normalized spacial score (nSPS) is 17.8. The molecule has 0 radical (unpaired) electrons. The van der Waals surface area contributed by atoms with Crippen molar-refractivity contribution < 1.29 is 9.18 Å². The van der Waals surface area contributed by atoms with Gasteiger partial charge in [-0.3, -0.25) is 0 Å². The molecule has 1 aliphatic carbocycles. The number of hydrogen-bond donors (Lipinski definition) is 2. The fraction of sp³-hybridized carbons (Fsp3) is 0.280. The molecule has 31 heavy (non-hydrogen) atoms. The van der Waals surface area contributed by atoms with E-state index in [-0.39, 0.29) is 17.3 Å². The highest BCUT2D eigenvalue weighted by Gasteiger charge is 2.30. The molecule has 0 saturated carbocycles. The van der Waals surface area contributed by atoms with Crippen LogP contribution in [0.3, 0.4) is 0 Å². The third kappa shape index (κ3) is 4.53. The van der Waals surface area contributed by atoms with Crippen LogP contribution in [0.5, 0.6) is 0 Å². The maximum Gasteiger partial charge on any atom is 0.315 e. The Morgan fingerprint density at radius 1 is 1.16 bits per heavy atom. The maximum atomic E-state index is 13.2. The Hall–Kier alpha value is -3.41. The molecule has 1 heterocycles. The lowest BCUT2D eigenvalue weighted by molar-refractivity contribution is 0.225. The van der Waals surface area contributed by atoms with Gasteiger partial charge in [0.1, 0.15) is 5.82 Å². The largest absolute Gasteiger partial charge is 0.337 e. The number of carbonyl (C=O) groups excluding carboxylic acids is 1. The molecular formula is C25H27FN4O. The average molecular weight is 419 g/mol. The predicted molar refractivity (Wildman–Crippen MR) is 120 cm³/mol. The van der Waals surface area contributed by atoms with Gasteiger partial charge in [0.2, 0.25) is 0 Å². The molecule has 5 nitrogen and oxygen atoms in total. The molecule has 3 aromatic rings. The second kappa shape index (κ2) is 8.02. The molecular weight excluding hydrogens is 391 g/mol. The summed E-state index contributed by atoms with van der Waals surface area (Å²) in [6.45, 7) is 6.59. The lowest BCUT2D eigenvalue weighted by Gasteiger charge is -2.31. The summed E-state index contributed by atoms with van der Waals surface area (Å²) in [5, 5.41) is 10.6. The van der Waals surface area contributed by atoms with Crippen LogP contribution in [0.4, 0.5) is 9.18 Å². The van der Waals surface area contributed by atoms with Crippen molar-refractivity contribution in [3.8, 4) is 5.69 Å². The number of fused-ring (bicyclic) bond motifs is 1. The van der Waals surface area contributed by atoms with Crippen molar-refractivity contribution in [2.75, 3.05) is 6.54 Å². The average Bonchev–Trinajstić information content (AvgIpc) is 3.16. The number of amides is 2. The van der Waals surface area contributed by atoms with Gasteiger partial charge in [-0.25, -0.2) is 13.9 Å². The standard InChI is InChI=1S/C25H27FN4O/c1-24(2,19-7-5-4-6-8-19)29-23(31)27-17-25(3)14-13-22-18(15-25)16-28-30(22)21-11-9-20(26)10-12-21/h4-14,16H,15,17H2,1-3H3,(H2,27,29,31)/t25-/m1/s1. The van der Waals surface area contributed by atoms with Crippen molar-refractivity contribution in [3.05, 3.63) is 89.5 Å². The lowest BCUT2D eigenvalue weighted by atomic mass is 9.80. The lowest BCUT2D eigenvalue weighted by Crippen LogP contribution is -2.49. The Morgan fingerprint density at radius 2 is 1.87 bits per heavy atom. The van der Waals surface area contributed by atoms with Crippen LogP contribution in [0, 0.1) is 11.2 Å². The van der Waals surface area contributed by atoms with Crippen LogP contribution >= 0.6 is 0 Å². The summed E-state index contributed by atoms with van der Waals surface area (Å²) in [5.74, 6) is -0.271. The van der Waals surface area contributed by atoms with Crippen molar-refractivity contribution in [1.82, 2.24) is 20.4 Å². The van der Waals surface area contributed by atoms with E-state index in [9.17, 15) is 9.18 Å². The Morgan fingerprint density at radius 3 is 2.58 bits per heavy atom. The first-order chi connectivity index (χ1) is 14.8. The zero-order chi connectivity index (χ0) is 22.1. The molecule has 2 aromatic carbocycles. The highest BCUT2D eigenvalue weighted by atomic mass is 19.1. The minimum absolute atomic E-state index is 0.198. The van der Waals surface area contributed by atoms with E-state index in [2.05, 4.69) is 28.7 Å². The molecule has 0 aliphatic heterocycles. The summed E-state index contributed by atoms with van der Waals surface area (Å²) in [4.78, 5) is 12.6. The summed E-state index contributed by atoms with van der Waals surface area (Å²) in [6.07, 6.45) is 6.74. The quantitative estimate of drug-likeness (QED) is 0.624. The molecule has 1 aromatic heterocycles. The zero-order valence-electron chi connectivity index (χ0n) is 18.0. The smallest absolute Gasteiger partial charge is 0.315 e. The van der Waals surface area contributed by atoms with Crippen LogP contribution < -0.4 is 10.6 Å². The number of benzene rings is 2. The van der Waals surface area contributed by atoms with Crippen LogP contribution in [-0.2, 0) is 12.0 Å². The van der Waals surface area contributed by atoms with Crippen LogP contribution in [0.15, 0.2) is 66.9 Å². The molecule has 4 rings (SSSR count). The van der Waals surface area contributed by atoms with Gasteiger partial charge in [0, 0.05) is 12.0 Å². The Labute approximate surface area is 182 Å². The van der Waals surface area contributed by atoms with Crippen LogP contribution in [0.25, 0.3) is 11.8 Å². The first kappa shape index (κ1) is 20.8. The number of nitrogens with one attached hydrogen (secondary N) is 2.